The molecule has 1 unspecified atom stereocenters. The quantitative estimate of drug-likeness (QED) is 0.889. The molecule has 2 heterocycles. The minimum Gasteiger partial charge on any atom is -0.478 e. The molecule has 1 N–H and O–H groups in total. The first-order valence-corrected chi connectivity index (χ1v) is 7.97. The maximum absolute atomic E-state index is 12.5. The summed E-state index contributed by atoms with van der Waals surface area (Å²) >= 11 is 0. The first-order chi connectivity index (χ1) is 9.78. The van der Waals surface area contributed by atoms with Crippen molar-refractivity contribution in [3.8, 4) is 0 Å². The maximum Gasteiger partial charge on any atom is 0.337 e. The fourth-order valence-electron chi connectivity index (χ4n) is 2.32. The monoisotopic (exact) mass is 314 g/mol. The Bertz CT molecular complexity index is 628. The minimum atomic E-state index is -3.74. The van der Waals surface area contributed by atoms with Crippen LogP contribution in [0.2, 0.25) is 0 Å². The topological polar surface area (TPSA) is 96.8 Å². The summed E-state index contributed by atoms with van der Waals surface area (Å²) in [6.45, 7) is 2.54. The summed E-state index contributed by atoms with van der Waals surface area (Å²) in [6.07, 6.45) is 2.55. The maximum atomic E-state index is 12.5. The Balaban J connectivity index is 2.27. The zero-order chi connectivity index (χ0) is 15.7. The van der Waals surface area contributed by atoms with Gasteiger partial charge in [0.25, 0.3) is 10.0 Å². The molecule has 116 valence electrons. The first-order valence-electron chi connectivity index (χ1n) is 6.53. The van der Waals surface area contributed by atoms with Gasteiger partial charge in [-0.25, -0.2) is 18.2 Å². The number of hydrogen-bond donors (Lipinski definition) is 1. The number of hydrogen-bond acceptors (Lipinski definition) is 5. The van der Waals surface area contributed by atoms with E-state index in [2.05, 4.69) is 4.98 Å². The van der Waals surface area contributed by atoms with Crippen LogP contribution in [0.1, 0.15) is 30.1 Å². The van der Waals surface area contributed by atoms with Gasteiger partial charge in [-0.2, -0.15) is 4.31 Å². The van der Waals surface area contributed by atoms with Crippen LogP contribution in [0.4, 0.5) is 0 Å². The van der Waals surface area contributed by atoms with Crippen molar-refractivity contribution in [3.05, 3.63) is 23.9 Å². The van der Waals surface area contributed by atoms with Gasteiger partial charge in [0, 0.05) is 26.4 Å². The fourth-order valence-corrected chi connectivity index (χ4v) is 3.83. The second-order valence-corrected chi connectivity index (χ2v) is 7.17. The molecule has 1 saturated heterocycles. The van der Waals surface area contributed by atoms with Gasteiger partial charge in [-0.05, 0) is 31.9 Å². The molecular weight excluding hydrogens is 296 g/mol. The molecule has 0 saturated carbocycles. The third kappa shape index (κ3) is 3.22. The standard InChI is InChI=1S/C13H18N2O5S/c1-13(20-2)6-3-7-15(9-13)21(18,19)11-5-4-10(8-14-11)12(16)17/h4-5,8H,3,6-7,9H2,1-2H3,(H,16,17). The number of carbonyl (C=O) groups is 1. The van der Waals surface area contributed by atoms with Gasteiger partial charge in [-0.3, -0.25) is 0 Å². The van der Waals surface area contributed by atoms with Crippen LogP contribution in [0, 0.1) is 0 Å². The van der Waals surface area contributed by atoms with Crippen LogP contribution < -0.4 is 0 Å². The Labute approximate surface area is 123 Å². The lowest BCUT2D eigenvalue weighted by molar-refractivity contribution is -0.0319. The predicted octanol–water partition coefficient (Wildman–Crippen LogP) is 0.969. The largest absolute Gasteiger partial charge is 0.478 e. The van der Waals surface area contributed by atoms with E-state index in [0.717, 1.165) is 12.6 Å². The molecule has 0 bridgehead atoms. The smallest absolute Gasteiger partial charge is 0.337 e. The van der Waals surface area contributed by atoms with Gasteiger partial charge < -0.3 is 9.84 Å². The van der Waals surface area contributed by atoms with Crippen molar-refractivity contribution < 1.29 is 23.1 Å². The Kier molecular flexibility index (Phi) is 4.31. The Hall–Kier alpha value is -1.51. The highest BCUT2D eigenvalue weighted by atomic mass is 32.2. The van der Waals surface area contributed by atoms with Crippen molar-refractivity contribution in [1.29, 1.82) is 0 Å². The molecule has 8 heteroatoms. The molecule has 0 radical (unpaired) electrons. The normalized spacial score (nSPS) is 23.9. The highest BCUT2D eigenvalue weighted by Crippen LogP contribution is 2.27. The van der Waals surface area contributed by atoms with Crippen LogP contribution in [0.15, 0.2) is 23.4 Å². The van der Waals surface area contributed by atoms with Crippen molar-refractivity contribution in [2.45, 2.75) is 30.4 Å². The summed E-state index contributed by atoms with van der Waals surface area (Å²) in [6, 6.07) is 2.46. The molecule has 2 rings (SSSR count). The summed E-state index contributed by atoms with van der Waals surface area (Å²) in [7, 11) is -2.17. The number of piperidine rings is 1. The molecule has 0 amide bonds. The first kappa shape index (κ1) is 15.9. The van der Waals surface area contributed by atoms with Crippen LogP contribution in [0.25, 0.3) is 0 Å². The Morgan fingerprint density at radius 3 is 2.71 bits per heavy atom. The third-order valence-electron chi connectivity index (χ3n) is 3.70. The lowest BCUT2D eigenvalue weighted by Crippen LogP contribution is -2.49. The van der Waals surface area contributed by atoms with Crippen molar-refractivity contribution in [2.24, 2.45) is 0 Å². The van der Waals surface area contributed by atoms with E-state index < -0.39 is 21.6 Å². The summed E-state index contributed by atoms with van der Waals surface area (Å²) in [4.78, 5) is 14.5. The van der Waals surface area contributed by atoms with Crippen molar-refractivity contribution in [3.63, 3.8) is 0 Å². The van der Waals surface area contributed by atoms with E-state index >= 15 is 0 Å². The van der Waals surface area contributed by atoms with Crippen molar-refractivity contribution in [2.75, 3.05) is 20.2 Å². The van der Waals surface area contributed by atoms with Crippen LogP contribution in [-0.4, -0.2) is 54.6 Å². The molecule has 21 heavy (non-hydrogen) atoms. The average molecular weight is 314 g/mol. The van der Waals surface area contributed by atoms with Crippen LogP contribution >= 0.6 is 0 Å². The second kappa shape index (κ2) is 5.70. The summed E-state index contributed by atoms with van der Waals surface area (Å²) in [5.74, 6) is -1.14. The number of pyridine rings is 1. The minimum absolute atomic E-state index is 0.0469. The molecular formula is C13H18N2O5S. The molecule has 1 aliphatic heterocycles. The van der Waals surface area contributed by atoms with E-state index in [-0.39, 0.29) is 17.1 Å². The average Bonchev–Trinajstić information content (AvgIpc) is 2.47. The van der Waals surface area contributed by atoms with Crippen molar-refractivity contribution >= 4 is 16.0 Å². The highest BCUT2D eigenvalue weighted by molar-refractivity contribution is 7.89. The van der Waals surface area contributed by atoms with Gasteiger partial charge in [0.05, 0.1) is 11.2 Å². The van der Waals surface area contributed by atoms with Gasteiger partial charge in [0.2, 0.25) is 0 Å². The molecule has 0 spiro atoms. The van der Waals surface area contributed by atoms with E-state index in [1.165, 1.54) is 16.4 Å². The third-order valence-corrected chi connectivity index (χ3v) is 5.47. The van der Waals surface area contributed by atoms with Gasteiger partial charge in [0.15, 0.2) is 5.03 Å². The molecule has 1 atom stereocenters. The predicted molar refractivity (Wildman–Crippen MR) is 74.6 cm³/mol. The van der Waals surface area contributed by atoms with Crippen molar-refractivity contribution in [1.82, 2.24) is 9.29 Å². The zero-order valence-corrected chi connectivity index (χ0v) is 12.8. The van der Waals surface area contributed by atoms with E-state index in [9.17, 15) is 13.2 Å². The number of aromatic carboxylic acids is 1. The molecule has 1 aromatic rings. The summed E-state index contributed by atoms with van der Waals surface area (Å²) < 4.78 is 31.8. The zero-order valence-electron chi connectivity index (χ0n) is 11.9. The molecule has 7 nitrogen and oxygen atoms in total. The Morgan fingerprint density at radius 1 is 1.48 bits per heavy atom. The number of ether oxygens (including phenoxy) is 1. The number of rotatable bonds is 4. The van der Waals surface area contributed by atoms with Crippen LogP contribution in [0.5, 0.6) is 0 Å². The van der Waals surface area contributed by atoms with E-state index in [1.807, 2.05) is 6.92 Å². The molecule has 1 aliphatic rings. The van der Waals surface area contributed by atoms with E-state index in [1.54, 1.807) is 7.11 Å². The number of nitrogens with zero attached hydrogens (tertiary/aromatic N) is 2. The van der Waals surface area contributed by atoms with E-state index in [0.29, 0.717) is 13.0 Å². The van der Waals surface area contributed by atoms with Gasteiger partial charge >= 0.3 is 5.97 Å². The SMILES string of the molecule is COC1(C)CCCN(S(=O)(=O)c2ccc(C(=O)O)cn2)C1. The van der Waals surface area contributed by atoms with Crippen LogP contribution in [0.3, 0.4) is 0 Å². The summed E-state index contributed by atoms with van der Waals surface area (Å²) in [5.41, 5.74) is -0.555. The molecule has 0 aliphatic carbocycles. The highest BCUT2D eigenvalue weighted by Gasteiger charge is 2.37. The lowest BCUT2D eigenvalue weighted by atomic mass is 9.96. The number of aromatic nitrogens is 1. The Morgan fingerprint density at radius 2 is 2.19 bits per heavy atom. The lowest BCUT2D eigenvalue weighted by Gasteiger charge is -2.38. The van der Waals surface area contributed by atoms with E-state index in [4.69, 9.17) is 9.84 Å². The van der Waals surface area contributed by atoms with Gasteiger partial charge in [-0.15, -0.1) is 0 Å². The second-order valence-electron chi connectivity index (χ2n) is 5.29. The number of carboxylic acid groups (broad SMARTS) is 1. The fraction of sp³-hybridized carbons (Fsp3) is 0.538. The number of carboxylic acids is 1. The molecule has 1 fully saturated rings. The number of methoxy groups -OCH3 is 1. The molecule has 1 aromatic heterocycles. The summed E-state index contributed by atoms with van der Waals surface area (Å²) in [5, 5.41) is 8.67. The van der Waals surface area contributed by atoms with Gasteiger partial charge in [0.1, 0.15) is 0 Å². The van der Waals surface area contributed by atoms with Gasteiger partial charge in [-0.1, -0.05) is 0 Å². The number of sulfonamides is 1. The molecule has 0 aromatic carbocycles. The van der Waals surface area contributed by atoms with Crippen LogP contribution in [-0.2, 0) is 14.8 Å².